The first-order valence-corrected chi connectivity index (χ1v) is 6.45. The lowest BCUT2D eigenvalue weighted by Gasteiger charge is -2.37. The Kier molecular flexibility index (Phi) is 4.95. The van der Waals surface area contributed by atoms with Crippen molar-refractivity contribution in [1.29, 1.82) is 0 Å². The van der Waals surface area contributed by atoms with E-state index in [4.69, 9.17) is 10.5 Å². The lowest BCUT2D eigenvalue weighted by Crippen LogP contribution is -2.47. The number of hydrogen-bond acceptors (Lipinski definition) is 3. The van der Waals surface area contributed by atoms with Crippen LogP contribution in [-0.4, -0.2) is 42.6 Å². The van der Waals surface area contributed by atoms with Gasteiger partial charge in [-0.2, -0.15) is 0 Å². The van der Waals surface area contributed by atoms with E-state index in [9.17, 15) is 4.79 Å². The normalized spacial score (nSPS) is 26.1. The van der Waals surface area contributed by atoms with Crippen LogP contribution in [0.3, 0.4) is 0 Å². The fourth-order valence-electron chi connectivity index (χ4n) is 2.05. The Labute approximate surface area is 104 Å². The monoisotopic (exact) mass is 242 g/mol. The maximum atomic E-state index is 12.0. The average Bonchev–Trinajstić information content (AvgIpc) is 2.25. The third-order valence-electron chi connectivity index (χ3n) is 3.40. The van der Waals surface area contributed by atoms with Gasteiger partial charge in [-0.05, 0) is 45.6 Å². The summed E-state index contributed by atoms with van der Waals surface area (Å²) in [5.74, 6) is 1.14. The molecule has 100 valence electrons. The van der Waals surface area contributed by atoms with Crippen molar-refractivity contribution in [2.75, 3.05) is 26.2 Å². The molecule has 1 amide bonds. The van der Waals surface area contributed by atoms with Gasteiger partial charge in [0.1, 0.15) is 6.61 Å². The molecule has 0 spiro atoms. The predicted octanol–water partition coefficient (Wildman–Crippen LogP) is 1.24. The zero-order valence-corrected chi connectivity index (χ0v) is 11.5. The van der Waals surface area contributed by atoms with Gasteiger partial charge in [-0.15, -0.1) is 0 Å². The third-order valence-corrected chi connectivity index (χ3v) is 3.40. The lowest BCUT2D eigenvalue weighted by molar-refractivity contribution is -0.143. The minimum Gasteiger partial charge on any atom is -0.366 e. The molecule has 4 heteroatoms. The first-order valence-electron chi connectivity index (χ1n) is 6.45. The lowest BCUT2D eigenvalue weighted by atomic mass is 9.87. The zero-order chi connectivity index (χ0) is 13.1. The van der Waals surface area contributed by atoms with E-state index in [-0.39, 0.29) is 18.1 Å². The molecule has 1 saturated heterocycles. The van der Waals surface area contributed by atoms with E-state index < -0.39 is 0 Å². The average molecular weight is 242 g/mol. The molecule has 0 aromatic rings. The van der Waals surface area contributed by atoms with Gasteiger partial charge in [0.25, 0.3) is 0 Å². The highest BCUT2D eigenvalue weighted by atomic mass is 16.5. The van der Waals surface area contributed by atoms with E-state index in [1.165, 1.54) is 0 Å². The van der Waals surface area contributed by atoms with Crippen LogP contribution in [0.4, 0.5) is 0 Å². The number of carbonyl (C=O) groups is 1. The van der Waals surface area contributed by atoms with Gasteiger partial charge in [0, 0.05) is 13.1 Å². The van der Waals surface area contributed by atoms with Gasteiger partial charge in [-0.3, -0.25) is 4.79 Å². The number of piperidine rings is 1. The molecule has 2 unspecified atom stereocenters. The summed E-state index contributed by atoms with van der Waals surface area (Å²) in [6, 6.07) is 0. The topological polar surface area (TPSA) is 55.6 Å². The van der Waals surface area contributed by atoms with Crippen molar-refractivity contribution in [3.8, 4) is 0 Å². The van der Waals surface area contributed by atoms with Crippen molar-refractivity contribution in [3.63, 3.8) is 0 Å². The maximum absolute atomic E-state index is 12.0. The number of carbonyl (C=O) groups excluding carboxylic acids is 1. The van der Waals surface area contributed by atoms with Crippen LogP contribution in [0.5, 0.6) is 0 Å². The van der Waals surface area contributed by atoms with Gasteiger partial charge in [0.15, 0.2) is 0 Å². The number of nitrogens with two attached hydrogens (primary N) is 1. The fourth-order valence-corrected chi connectivity index (χ4v) is 2.05. The summed E-state index contributed by atoms with van der Waals surface area (Å²) in [6.45, 7) is 10.5. The quantitative estimate of drug-likeness (QED) is 0.810. The van der Waals surface area contributed by atoms with E-state index in [0.717, 1.165) is 19.5 Å². The summed E-state index contributed by atoms with van der Waals surface area (Å²) in [7, 11) is 0. The molecule has 1 fully saturated rings. The molecule has 1 aliphatic rings. The number of likely N-dealkylation sites (tertiary alicyclic amines) is 1. The standard InChI is InChI=1S/C13H26N2O2/c1-10-5-6-15(8-11(10)7-14)12(16)9-17-13(2,3)4/h10-11H,5-9,14H2,1-4H3. The molecule has 0 aliphatic carbocycles. The molecule has 0 aromatic heterocycles. The van der Waals surface area contributed by atoms with Gasteiger partial charge in [0.2, 0.25) is 5.91 Å². The SMILES string of the molecule is CC1CCN(C(=O)COC(C)(C)C)CC1CN. The van der Waals surface area contributed by atoms with Crippen molar-refractivity contribution in [3.05, 3.63) is 0 Å². The van der Waals surface area contributed by atoms with Crippen LogP contribution in [0.2, 0.25) is 0 Å². The maximum Gasteiger partial charge on any atom is 0.248 e. The largest absolute Gasteiger partial charge is 0.366 e. The Morgan fingerprint density at radius 1 is 1.47 bits per heavy atom. The highest BCUT2D eigenvalue weighted by Crippen LogP contribution is 2.22. The number of amides is 1. The predicted molar refractivity (Wildman–Crippen MR) is 68.6 cm³/mol. The molecule has 0 saturated carbocycles. The van der Waals surface area contributed by atoms with Gasteiger partial charge >= 0.3 is 0 Å². The summed E-state index contributed by atoms with van der Waals surface area (Å²) in [5.41, 5.74) is 5.47. The number of nitrogens with zero attached hydrogens (tertiary/aromatic N) is 1. The molecule has 1 rings (SSSR count). The van der Waals surface area contributed by atoms with Crippen molar-refractivity contribution >= 4 is 5.91 Å². The smallest absolute Gasteiger partial charge is 0.248 e. The van der Waals surface area contributed by atoms with E-state index in [1.54, 1.807) is 0 Å². The Hall–Kier alpha value is -0.610. The molecule has 17 heavy (non-hydrogen) atoms. The molecular formula is C13H26N2O2. The van der Waals surface area contributed by atoms with Crippen molar-refractivity contribution in [1.82, 2.24) is 4.90 Å². The second-order valence-corrected chi connectivity index (χ2v) is 6.00. The van der Waals surface area contributed by atoms with E-state index in [2.05, 4.69) is 6.92 Å². The van der Waals surface area contributed by atoms with Crippen LogP contribution in [-0.2, 0) is 9.53 Å². The number of hydrogen-bond donors (Lipinski definition) is 1. The fraction of sp³-hybridized carbons (Fsp3) is 0.923. The van der Waals surface area contributed by atoms with E-state index in [0.29, 0.717) is 18.4 Å². The van der Waals surface area contributed by atoms with E-state index >= 15 is 0 Å². The van der Waals surface area contributed by atoms with Gasteiger partial charge in [-0.1, -0.05) is 6.92 Å². The second-order valence-electron chi connectivity index (χ2n) is 6.00. The Morgan fingerprint density at radius 2 is 2.12 bits per heavy atom. The van der Waals surface area contributed by atoms with Crippen LogP contribution >= 0.6 is 0 Å². The molecule has 4 nitrogen and oxygen atoms in total. The van der Waals surface area contributed by atoms with Gasteiger partial charge in [0.05, 0.1) is 5.60 Å². The Morgan fingerprint density at radius 3 is 2.65 bits per heavy atom. The first kappa shape index (κ1) is 14.5. The van der Waals surface area contributed by atoms with Crippen LogP contribution < -0.4 is 5.73 Å². The van der Waals surface area contributed by atoms with Crippen LogP contribution in [0.1, 0.15) is 34.1 Å². The minimum absolute atomic E-state index is 0.0882. The highest BCUT2D eigenvalue weighted by molar-refractivity contribution is 5.77. The second kappa shape index (κ2) is 5.83. The highest BCUT2D eigenvalue weighted by Gasteiger charge is 2.28. The number of rotatable bonds is 3. The van der Waals surface area contributed by atoms with E-state index in [1.807, 2.05) is 25.7 Å². The summed E-state index contributed by atoms with van der Waals surface area (Å²) in [5, 5.41) is 0. The Bertz CT molecular complexity index is 261. The van der Waals surface area contributed by atoms with Crippen molar-refractivity contribution < 1.29 is 9.53 Å². The van der Waals surface area contributed by atoms with Crippen molar-refractivity contribution in [2.45, 2.75) is 39.7 Å². The molecule has 0 aromatic carbocycles. The summed E-state index contributed by atoms with van der Waals surface area (Å²) in [6.07, 6.45) is 1.04. The molecular weight excluding hydrogens is 216 g/mol. The molecule has 2 atom stereocenters. The molecule has 0 radical (unpaired) electrons. The summed E-state index contributed by atoms with van der Waals surface area (Å²) < 4.78 is 5.52. The minimum atomic E-state index is -0.258. The van der Waals surface area contributed by atoms with Crippen LogP contribution in [0.15, 0.2) is 0 Å². The van der Waals surface area contributed by atoms with Crippen LogP contribution in [0.25, 0.3) is 0 Å². The molecule has 1 aliphatic heterocycles. The zero-order valence-electron chi connectivity index (χ0n) is 11.5. The molecule has 0 bridgehead atoms. The first-order chi connectivity index (χ1) is 7.83. The Balaban J connectivity index is 2.42. The van der Waals surface area contributed by atoms with Gasteiger partial charge in [-0.25, -0.2) is 0 Å². The third kappa shape index (κ3) is 4.64. The summed E-state index contributed by atoms with van der Waals surface area (Å²) >= 11 is 0. The summed E-state index contributed by atoms with van der Waals surface area (Å²) in [4.78, 5) is 13.9. The molecule has 1 heterocycles. The number of ether oxygens (including phenoxy) is 1. The molecule has 2 N–H and O–H groups in total. The van der Waals surface area contributed by atoms with Crippen LogP contribution in [0, 0.1) is 11.8 Å². The van der Waals surface area contributed by atoms with Gasteiger partial charge < -0.3 is 15.4 Å². The van der Waals surface area contributed by atoms with Crippen molar-refractivity contribution in [2.24, 2.45) is 17.6 Å².